The fourth-order valence-electron chi connectivity index (χ4n) is 3.23. The van der Waals surface area contributed by atoms with E-state index >= 15 is 0 Å². The summed E-state index contributed by atoms with van der Waals surface area (Å²) in [5.41, 5.74) is 4.02. The molecule has 3 heteroatoms. The summed E-state index contributed by atoms with van der Waals surface area (Å²) >= 11 is 6.06. The van der Waals surface area contributed by atoms with E-state index in [0.29, 0.717) is 12.1 Å². The fourth-order valence-corrected chi connectivity index (χ4v) is 3.43. The van der Waals surface area contributed by atoms with Crippen molar-refractivity contribution < 1.29 is 4.42 Å². The van der Waals surface area contributed by atoms with Gasteiger partial charge in [-0.2, -0.15) is 0 Å². The van der Waals surface area contributed by atoms with E-state index < -0.39 is 0 Å². The third-order valence-corrected chi connectivity index (χ3v) is 4.41. The van der Waals surface area contributed by atoms with E-state index in [1.165, 1.54) is 16.7 Å². The molecule has 2 atom stereocenters. The molecule has 1 aromatic heterocycles. The molecule has 0 saturated carbocycles. The first kappa shape index (κ1) is 13.7. The minimum atomic E-state index is 0.291. The summed E-state index contributed by atoms with van der Waals surface area (Å²) in [6, 6.07) is 9.06. The van der Waals surface area contributed by atoms with Gasteiger partial charge in [0.15, 0.2) is 0 Å². The summed E-state index contributed by atoms with van der Waals surface area (Å²) in [4.78, 5) is 0. The Morgan fingerprint density at radius 2 is 2.10 bits per heavy atom. The molecular weight excluding hydrogens is 270 g/mol. The average Bonchev–Trinajstić information content (AvgIpc) is 2.93. The Morgan fingerprint density at radius 3 is 2.80 bits per heavy atom. The molecule has 3 rings (SSSR count). The van der Waals surface area contributed by atoms with Crippen LogP contribution in [0.4, 0.5) is 0 Å². The van der Waals surface area contributed by atoms with Crippen molar-refractivity contribution in [2.45, 2.75) is 45.7 Å². The maximum Gasteiger partial charge on any atom is 0.105 e. The monoisotopic (exact) mass is 289 g/mol. The lowest BCUT2D eigenvalue weighted by Gasteiger charge is -2.20. The first-order valence-corrected chi connectivity index (χ1v) is 7.53. The number of fused-ring (bicyclic) bond motifs is 1. The molecule has 0 aliphatic heterocycles. The average molecular weight is 290 g/mol. The van der Waals surface area contributed by atoms with Gasteiger partial charge in [0.1, 0.15) is 11.5 Å². The quantitative estimate of drug-likeness (QED) is 0.870. The van der Waals surface area contributed by atoms with E-state index in [1.807, 2.05) is 19.9 Å². The van der Waals surface area contributed by atoms with Crippen LogP contribution in [0.5, 0.6) is 0 Å². The normalized spacial score (nSPS) is 19.1. The van der Waals surface area contributed by atoms with Crippen molar-refractivity contribution in [3.05, 3.63) is 57.5 Å². The third-order valence-electron chi connectivity index (χ3n) is 4.18. The number of aryl methyl sites for hydroxylation is 3. The van der Waals surface area contributed by atoms with E-state index in [-0.39, 0.29) is 0 Å². The van der Waals surface area contributed by atoms with Crippen molar-refractivity contribution >= 4 is 11.6 Å². The lowest BCUT2D eigenvalue weighted by atomic mass is 10.0. The van der Waals surface area contributed by atoms with Gasteiger partial charge < -0.3 is 9.73 Å². The minimum Gasteiger partial charge on any atom is -0.466 e. The second-order valence-corrected chi connectivity index (χ2v) is 6.13. The van der Waals surface area contributed by atoms with Crippen LogP contribution < -0.4 is 5.32 Å². The summed E-state index contributed by atoms with van der Waals surface area (Å²) < 4.78 is 5.63. The zero-order chi connectivity index (χ0) is 14.3. The lowest BCUT2D eigenvalue weighted by molar-refractivity contribution is 0.450. The Hall–Kier alpha value is -1.25. The van der Waals surface area contributed by atoms with Gasteiger partial charge in [0.05, 0.1) is 0 Å². The molecule has 0 spiro atoms. The van der Waals surface area contributed by atoms with E-state index in [0.717, 1.165) is 29.4 Å². The second-order valence-electron chi connectivity index (χ2n) is 5.69. The molecule has 0 fully saturated rings. The van der Waals surface area contributed by atoms with Crippen LogP contribution in [0, 0.1) is 13.8 Å². The molecule has 20 heavy (non-hydrogen) atoms. The van der Waals surface area contributed by atoms with Crippen LogP contribution in [0.2, 0.25) is 5.02 Å². The number of hydrogen-bond acceptors (Lipinski definition) is 2. The molecule has 2 aromatic rings. The summed E-state index contributed by atoms with van der Waals surface area (Å²) in [6.45, 7) is 6.23. The molecule has 2 nitrogen and oxygen atoms in total. The summed E-state index contributed by atoms with van der Waals surface area (Å²) in [5, 5.41) is 4.55. The van der Waals surface area contributed by atoms with Crippen molar-refractivity contribution in [3.8, 4) is 0 Å². The predicted molar refractivity (Wildman–Crippen MR) is 82.2 cm³/mol. The molecule has 0 saturated heterocycles. The maximum atomic E-state index is 6.06. The first-order valence-electron chi connectivity index (χ1n) is 7.16. The minimum absolute atomic E-state index is 0.291. The van der Waals surface area contributed by atoms with Crippen LogP contribution >= 0.6 is 11.6 Å². The number of hydrogen-bond donors (Lipinski definition) is 1. The van der Waals surface area contributed by atoms with Gasteiger partial charge in [0.2, 0.25) is 0 Å². The summed E-state index contributed by atoms with van der Waals surface area (Å²) in [7, 11) is 0. The molecule has 1 heterocycles. The van der Waals surface area contributed by atoms with Gasteiger partial charge in [-0.3, -0.25) is 0 Å². The zero-order valence-electron chi connectivity index (χ0n) is 12.2. The van der Waals surface area contributed by atoms with Crippen LogP contribution in [0.15, 0.2) is 28.7 Å². The van der Waals surface area contributed by atoms with Crippen LogP contribution in [0.3, 0.4) is 0 Å². The SMILES string of the molecule is Cc1cc(C(C)NC2CCc3cc(Cl)ccc32)c(C)o1. The maximum absolute atomic E-state index is 6.06. The van der Waals surface area contributed by atoms with Gasteiger partial charge in [0, 0.05) is 22.7 Å². The molecule has 1 aromatic carbocycles. The van der Waals surface area contributed by atoms with E-state index in [2.05, 4.69) is 30.4 Å². The highest BCUT2D eigenvalue weighted by molar-refractivity contribution is 6.30. The molecule has 106 valence electrons. The van der Waals surface area contributed by atoms with Crippen molar-refractivity contribution in [1.82, 2.24) is 5.32 Å². The van der Waals surface area contributed by atoms with Crippen molar-refractivity contribution in [1.29, 1.82) is 0 Å². The van der Waals surface area contributed by atoms with Crippen LogP contribution in [0.1, 0.15) is 53.6 Å². The molecule has 0 bridgehead atoms. The number of furan rings is 1. The van der Waals surface area contributed by atoms with Crippen molar-refractivity contribution in [2.75, 3.05) is 0 Å². The molecule has 0 amide bonds. The molecule has 2 unspecified atom stereocenters. The molecular formula is C17H20ClNO. The number of nitrogens with one attached hydrogen (secondary N) is 1. The Balaban J connectivity index is 1.79. The topological polar surface area (TPSA) is 25.2 Å². The van der Waals surface area contributed by atoms with Crippen LogP contribution in [-0.4, -0.2) is 0 Å². The van der Waals surface area contributed by atoms with Gasteiger partial charge in [-0.15, -0.1) is 0 Å². The fraction of sp³-hybridized carbons (Fsp3) is 0.412. The molecule has 1 N–H and O–H groups in total. The summed E-state index contributed by atoms with van der Waals surface area (Å²) in [6.07, 6.45) is 2.24. The second kappa shape index (κ2) is 5.27. The molecule has 1 aliphatic carbocycles. The van der Waals surface area contributed by atoms with Crippen LogP contribution in [-0.2, 0) is 6.42 Å². The van der Waals surface area contributed by atoms with E-state index in [1.54, 1.807) is 0 Å². The summed E-state index contributed by atoms with van der Waals surface area (Å²) in [5.74, 6) is 1.99. The van der Waals surface area contributed by atoms with E-state index in [9.17, 15) is 0 Å². The number of rotatable bonds is 3. The third kappa shape index (κ3) is 2.50. The molecule has 1 aliphatic rings. The lowest BCUT2D eigenvalue weighted by Crippen LogP contribution is -2.23. The van der Waals surface area contributed by atoms with Gasteiger partial charge in [-0.1, -0.05) is 17.7 Å². The Kier molecular flexibility index (Phi) is 3.61. The van der Waals surface area contributed by atoms with Crippen molar-refractivity contribution in [3.63, 3.8) is 0 Å². The van der Waals surface area contributed by atoms with Gasteiger partial charge >= 0.3 is 0 Å². The molecule has 0 radical (unpaired) electrons. The largest absolute Gasteiger partial charge is 0.466 e. The smallest absolute Gasteiger partial charge is 0.105 e. The predicted octanol–water partition coefficient (Wildman–Crippen LogP) is 4.89. The van der Waals surface area contributed by atoms with Gasteiger partial charge in [-0.25, -0.2) is 0 Å². The highest BCUT2D eigenvalue weighted by atomic mass is 35.5. The standard InChI is InChI=1S/C17H20ClNO/c1-10-8-16(12(3)20-10)11(2)19-17-7-4-13-9-14(18)5-6-15(13)17/h5-6,8-9,11,17,19H,4,7H2,1-3H3. The van der Waals surface area contributed by atoms with Gasteiger partial charge in [0.25, 0.3) is 0 Å². The Morgan fingerprint density at radius 1 is 1.30 bits per heavy atom. The van der Waals surface area contributed by atoms with E-state index in [4.69, 9.17) is 16.0 Å². The number of halogens is 1. The number of benzene rings is 1. The Labute approximate surface area is 125 Å². The van der Waals surface area contributed by atoms with Gasteiger partial charge in [-0.05, 0) is 62.9 Å². The first-order chi connectivity index (χ1) is 9.54. The van der Waals surface area contributed by atoms with Crippen LogP contribution in [0.25, 0.3) is 0 Å². The highest BCUT2D eigenvalue weighted by Gasteiger charge is 2.25. The zero-order valence-corrected chi connectivity index (χ0v) is 12.9. The van der Waals surface area contributed by atoms with Crippen molar-refractivity contribution in [2.24, 2.45) is 0 Å². The highest BCUT2D eigenvalue weighted by Crippen LogP contribution is 2.35. The Bertz CT molecular complexity index is 632.